The van der Waals surface area contributed by atoms with Gasteiger partial charge in [0.1, 0.15) is 17.6 Å². The molecular weight excluding hydrogens is 344 g/mol. The van der Waals surface area contributed by atoms with Gasteiger partial charge >= 0.3 is 0 Å². The zero-order chi connectivity index (χ0) is 18.4. The fraction of sp³-hybridized carbons (Fsp3) is 0.381. The van der Waals surface area contributed by atoms with Gasteiger partial charge in [-0.1, -0.05) is 42.1 Å². The van der Waals surface area contributed by atoms with Crippen molar-refractivity contribution in [3.05, 3.63) is 59.7 Å². The summed E-state index contributed by atoms with van der Waals surface area (Å²) in [5, 5.41) is 14.5. The number of aromatic hydroxyl groups is 1. The summed E-state index contributed by atoms with van der Waals surface area (Å²) >= 11 is 1.64. The van der Waals surface area contributed by atoms with Crippen molar-refractivity contribution in [2.45, 2.75) is 43.9 Å². The lowest BCUT2D eigenvalue weighted by Gasteiger charge is -2.47. The third-order valence-electron chi connectivity index (χ3n) is 5.12. The fourth-order valence-corrected chi connectivity index (χ4v) is 4.80. The number of rotatable bonds is 1. The molecule has 4 rings (SSSR count). The van der Waals surface area contributed by atoms with E-state index >= 15 is 0 Å². The molecule has 0 bridgehead atoms. The van der Waals surface area contributed by atoms with Crippen LogP contribution in [0.25, 0.3) is 0 Å². The second kappa shape index (κ2) is 6.23. The van der Waals surface area contributed by atoms with Crippen LogP contribution in [0.1, 0.15) is 43.9 Å². The largest absolute Gasteiger partial charge is 0.508 e. The Morgan fingerprint density at radius 2 is 1.96 bits per heavy atom. The number of phenols is 1. The van der Waals surface area contributed by atoms with Crippen LogP contribution in [-0.4, -0.2) is 22.1 Å². The zero-order valence-electron chi connectivity index (χ0n) is 15.3. The third-order valence-corrected chi connectivity index (χ3v) is 5.70. The van der Waals surface area contributed by atoms with E-state index in [4.69, 9.17) is 9.73 Å². The van der Waals surface area contributed by atoms with E-state index in [0.29, 0.717) is 0 Å². The van der Waals surface area contributed by atoms with E-state index in [1.165, 1.54) is 0 Å². The monoisotopic (exact) mass is 368 g/mol. The molecule has 1 spiro atoms. The Kier molecular flexibility index (Phi) is 4.14. The molecule has 26 heavy (non-hydrogen) atoms. The Morgan fingerprint density at radius 3 is 2.69 bits per heavy atom. The average Bonchev–Trinajstić information content (AvgIpc) is 2.60. The molecular formula is C21H24N2O2S. The highest BCUT2D eigenvalue weighted by Gasteiger charge is 2.48. The summed E-state index contributed by atoms with van der Waals surface area (Å²) in [6.07, 6.45) is 3.61. The molecule has 2 atom stereocenters. The molecule has 0 unspecified atom stereocenters. The number of thioether (sulfide) groups is 1. The van der Waals surface area contributed by atoms with Gasteiger partial charge in [0.15, 0.2) is 5.17 Å². The van der Waals surface area contributed by atoms with E-state index in [1.54, 1.807) is 23.9 Å². The normalized spacial score (nSPS) is 26.4. The van der Waals surface area contributed by atoms with Gasteiger partial charge in [-0.15, -0.1) is 0 Å². The summed E-state index contributed by atoms with van der Waals surface area (Å²) in [6.45, 7) is 4.43. The number of aliphatic imine (C=N–C) groups is 1. The summed E-state index contributed by atoms with van der Waals surface area (Å²) in [4.78, 5) is 5.14. The van der Waals surface area contributed by atoms with Crippen LogP contribution in [0.2, 0.25) is 0 Å². The number of nitrogens with one attached hydrogen (secondary N) is 1. The van der Waals surface area contributed by atoms with Crippen LogP contribution in [0.15, 0.2) is 53.5 Å². The van der Waals surface area contributed by atoms with Crippen molar-refractivity contribution in [3.8, 4) is 11.5 Å². The van der Waals surface area contributed by atoms with E-state index in [9.17, 15) is 5.11 Å². The molecule has 136 valence electrons. The van der Waals surface area contributed by atoms with Gasteiger partial charge in [0.25, 0.3) is 0 Å². The average molecular weight is 369 g/mol. The number of nitrogens with zero attached hydrogens (tertiary/aromatic N) is 1. The molecule has 2 aromatic carbocycles. The summed E-state index contributed by atoms with van der Waals surface area (Å²) in [5.41, 5.74) is 1.75. The zero-order valence-corrected chi connectivity index (χ0v) is 16.1. The lowest BCUT2D eigenvalue weighted by molar-refractivity contribution is 0.103. The SMILES string of the molecule is CSC1=N[C@@]2(C[C@H](c3ccccc3)Oc3cc(O)ccc32)CC(C)(C)N1. The number of benzene rings is 2. The second-order valence-corrected chi connectivity index (χ2v) is 8.54. The van der Waals surface area contributed by atoms with Gasteiger partial charge in [-0.05, 0) is 44.2 Å². The van der Waals surface area contributed by atoms with Crippen LogP contribution in [0, 0.1) is 0 Å². The highest BCUT2D eigenvalue weighted by Crippen LogP contribution is 2.52. The van der Waals surface area contributed by atoms with Gasteiger partial charge in [0.05, 0.1) is 5.54 Å². The Morgan fingerprint density at radius 1 is 1.19 bits per heavy atom. The van der Waals surface area contributed by atoms with Crippen molar-refractivity contribution in [2.75, 3.05) is 6.26 Å². The van der Waals surface area contributed by atoms with Gasteiger partial charge in [0, 0.05) is 23.6 Å². The molecule has 0 amide bonds. The maximum atomic E-state index is 10.0. The first-order valence-electron chi connectivity index (χ1n) is 8.88. The first-order chi connectivity index (χ1) is 12.4. The molecule has 0 radical (unpaired) electrons. The maximum Gasteiger partial charge on any atom is 0.157 e. The molecule has 0 saturated heterocycles. The highest BCUT2D eigenvalue weighted by atomic mass is 32.2. The van der Waals surface area contributed by atoms with E-state index in [0.717, 1.165) is 34.9 Å². The molecule has 4 nitrogen and oxygen atoms in total. The van der Waals surface area contributed by atoms with Crippen LogP contribution >= 0.6 is 11.8 Å². The van der Waals surface area contributed by atoms with Crippen molar-refractivity contribution in [1.29, 1.82) is 0 Å². The van der Waals surface area contributed by atoms with Crippen molar-refractivity contribution >= 4 is 16.9 Å². The number of hydrogen-bond acceptors (Lipinski definition) is 5. The molecule has 2 N–H and O–H groups in total. The molecule has 0 fully saturated rings. The lowest BCUT2D eigenvalue weighted by atomic mass is 9.72. The molecule has 0 saturated carbocycles. The second-order valence-electron chi connectivity index (χ2n) is 7.74. The predicted octanol–water partition coefficient (Wildman–Crippen LogP) is 4.60. The Balaban J connectivity index is 1.87. The molecule has 2 heterocycles. The lowest BCUT2D eigenvalue weighted by Crippen LogP contribution is -2.53. The van der Waals surface area contributed by atoms with E-state index in [2.05, 4.69) is 31.3 Å². The van der Waals surface area contributed by atoms with Crippen LogP contribution in [0.4, 0.5) is 0 Å². The molecule has 5 heteroatoms. The van der Waals surface area contributed by atoms with Gasteiger partial charge in [-0.2, -0.15) is 0 Å². The minimum absolute atomic E-state index is 0.0756. The van der Waals surface area contributed by atoms with E-state index in [-0.39, 0.29) is 22.9 Å². The summed E-state index contributed by atoms with van der Waals surface area (Å²) in [7, 11) is 0. The van der Waals surface area contributed by atoms with Crippen LogP contribution in [-0.2, 0) is 5.54 Å². The van der Waals surface area contributed by atoms with Crippen molar-refractivity contribution < 1.29 is 9.84 Å². The number of fused-ring (bicyclic) bond motifs is 2. The minimum Gasteiger partial charge on any atom is -0.508 e. The molecule has 2 aliphatic heterocycles. The van der Waals surface area contributed by atoms with Gasteiger partial charge in [-0.3, -0.25) is 4.99 Å². The summed E-state index contributed by atoms with van der Waals surface area (Å²) in [5.74, 6) is 0.946. The molecule has 0 aliphatic carbocycles. The van der Waals surface area contributed by atoms with E-state index in [1.807, 2.05) is 30.5 Å². The quantitative estimate of drug-likeness (QED) is 0.772. The number of hydrogen-bond donors (Lipinski definition) is 2. The molecule has 0 aromatic heterocycles. The number of amidine groups is 1. The van der Waals surface area contributed by atoms with E-state index < -0.39 is 0 Å². The third kappa shape index (κ3) is 3.05. The smallest absolute Gasteiger partial charge is 0.157 e. The first kappa shape index (κ1) is 17.3. The Labute approximate surface area is 158 Å². The number of phenolic OH excluding ortho intramolecular Hbond substituents is 1. The Bertz CT molecular complexity index is 850. The standard InChI is InChI=1S/C21H24N2O2S/c1-20(2)13-21(23-19(22-20)26-3)12-18(14-7-5-4-6-8-14)25-17-11-15(24)9-10-16(17)21/h4-11,18,24H,12-13H2,1-3H3,(H,22,23)/t18-,21+/m1/s1. The van der Waals surface area contributed by atoms with Crippen molar-refractivity contribution in [3.63, 3.8) is 0 Å². The van der Waals surface area contributed by atoms with Gasteiger partial charge < -0.3 is 15.2 Å². The summed E-state index contributed by atoms with van der Waals surface area (Å²) in [6, 6.07) is 15.7. The van der Waals surface area contributed by atoms with Crippen LogP contribution in [0.5, 0.6) is 11.5 Å². The number of ether oxygens (including phenoxy) is 1. The van der Waals surface area contributed by atoms with Crippen LogP contribution in [0.3, 0.4) is 0 Å². The van der Waals surface area contributed by atoms with Gasteiger partial charge in [-0.25, -0.2) is 0 Å². The van der Waals surface area contributed by atoms with Crippen LogP contribution < -0.4 is 10.1 Å². The summed E-state index contributed by atoms with van der Waals surface area (Å²) < 4.78 is 6.31. The topological polar surface area (TPSA) is 53.9 Å². The predicted molar refractivity (Wildman–Crippen MR) is 107 cm³/mol. The Hall–Kier alpha value is -2.14. The van der Waals surface area contributed by atoms with Gasteiger partial charge in [0.2, 0.25) is 0 Å². The molecule has 2 aromatic rings. The fourth-order valence-electron chi connectivity index (χ4n) is 4.15. The first-order valence-corrected chi connectivity index (χ1v) is 10.1. The highest BCUT2D eigenvalue weighted by molar-refractivity contribution is 8.13. The minimum atomic E-state index is -0.366. The van der Waals surface area contributed by atoms with Crippen molar-refractivity contribution in [1.82, 2.24) is 5.32 Å². The molecule has 2 aliphatic rings. The van der Waals surface area contributed by atoms with Crippen molar-refractivity contribution in [2.24, 2.45) is 4.99 Å². The maximum absolute atomic E-state index is 10.0.